The average Bonchev–Trinajstić information content (AvgIpc) is 2.88. The van der Waals surface area contributed by atoms with Gasteiger partial charge in [0.25, 0.3) is 11.8 Å². The lowest BCUT2D eigenvalue weighted by atomic mass is 10.2. The van der Waals surface area contributed by atoms with Crippen LogP contribution in [0.1, 0.15) is 10.4 Å². The minimum atomic E-state index is -0.697. The topological polar surface area (TPSA) is 95.3 Å². The Hall–Kier alpha value is -2.83. The maximum absolute atomic E-state index is 11.9. The van der Waals surface area contributed by atoms with Gasteiger partial charge in [-0.1, -0.05) is 18.2 Å². The molecule has 2 aliphatic rings. The van der Waals surface area contributed by atoms with E-state index in [1.165, 1.54) is 6.34 Å². The molecule has 0 bridgehead atoms. The molecule has 2 amide bonds. The number of amidine groups is 1. The van der Waals surface area contributed by atoms with E-state index in [-0.39, 0.29) is 23.6 Å². The smallest absolute Gasteiger partial charge is 0.259 e. The third-order valence-electron chi connectivity index (χ3n) is 2.63. The van der Waals surface area contributed by atoms with Crippen molar-refractivity contribution in [3.63, 3.8) is 0 Å². The standard InChI is InChI=1S/C12H9N5O2/c18-10(7-4-2-1-3-5-7)16-12-15-9-8(11(19)17-12)13-6-14-9/h1-6,8H,(H2,13,14,15,16,17,18,19)/t8-/m1/s1. The lowest BCUT2D eigenvalue weighted by Crippen LogP contribution is -2.52. The van der Waals surface area contributed by atoms with Crippen molar-refractivity contribution < 1.29 is 9.59 Å². The summed E-state index contributed by atoms with van der Waals surface area (Å²) >= 11 is 0. The number of amides is 2. The molecule has 2 N–H and O–H groups in total. The third kappa shape index (κ3) is 2.13. The zero-order valence-corrected chi connectivity index (χ0v) is 9.70. The van der Waals surface area contributed by atoms with Crippen molar-refractivity contribution in [2.75, 3.05) is 0 Å². The summed E-state index contributed by atoms with van der Waals surface area (Å²) in [6, 6.07) is 7.95. The van der Waals surface area contributed by atoms with Crippen LogP contribution in [0.2, 0.25) is 0 Å². The van der Waals surface area contributed by atoms with Crippen molar-refractivity contribution >= 4 is 29.9 Å². The molecule has 2 heterocycles. The molecule has 0 unspecified atom stereocenters. The van der Waals surface area contributed by atoms with Gasteiger partial charge >= 0.3 is 0 Å². The van der Waals surface area contributed by atoms with Crippen LogP contribution in [-0.4, -0.2) is 36.0 Å². The van der Waals surface area contributed by atoms with Gasteiger partial charge in [0.1, 0.15) is 6.34 Å². The quantitative estimate of drug-likeness (QED) is 0.721. The first-order valence-electron chi connectivity index (χ1n) is 5.59. The molecule has 7 heteroatoms. The molecule has 0 aromatic heterocycles. The minimum Gasteiger partial charge on any atom is -0.294 e. The molecule has 0 spiro atoms. The lowest BCUT2D eigenvalue weighted by molar-refractivity contribution is -0.119. The average molecular weight is 255 g/mol. The van der Waals surface area contributed by atoms with Gasteiger partial charge in [-0.05, 0) is 12.1 Å². The summed E-state index contributed by atoms with van der Waals surface area (Å²) in [5.74, 6) is -0.352. The molecule has 0 radical (unpaired) electrons. The Bertz CT molecular complexity index is 633. The van der Waals surface area contributed by atoms with Crippen molar-refractivity contribution in [3.8, 4) is 0 Å². The number of hydrogen-bond acceptors (Lipinski definition) is 5. The first kappa shape index (κ1) is 11.3. The van der Waals surface area contributed by atoms with E-state index in [4.69, 9.17) is 0 Å². The van der Waals surface area contributed by atoms with E-state index < -0.39 is 6.04 Å². The fourth-order valence-electron chi connectivity index (χ4n) is 1.73. The maximum atomic E-state index is 11.9. The highest BCUT2D eigenvalue weighted by molar-refractivity contribution is 6.24. The summed E-state index contributed by atoms with van der Waals surface area (Å²) in [6.45, 7) is 0. The van der Waals surface area contributed by atoms with Gasteiger partial charge in [0.2, 0.25) is 5.96 Å². The number of carbonyl (C=O) groups excluding carboxylic acids is 2. The second-order valence-electron chi connectivity index (χ2n) is 3.92. The molecule has 0 aliphatic carbocycles. The summed E-state index contributed by atoms with van der Waals surface area (Å²) in [5, 5.41) is 4.99. The fourth-order valence-corrected chi connectivity index (χ4v) is 1.73. The summed E-state index contributed by atoms with van der Waals surface area (Å²) in [5.41, 5.74) is 0.478. The molecule has 1 aromatic rings. The van der Waals surface area contributed by atoms with Crippen molar-refractivity contribution in [2.24, 2.45) is 15.0 Å². The molecule has 2 aliphatic heterocycles. The van der Waals surface area contributed by atoms with Crippen LogP contribution in [0.15, 0.2) is 45.3 Å². The van der Waals surface area contributed by atoms with Crippen molar-refractivity contribution in [1.29, 1.82) is 0 Å². The Morgan fingerprint density at radius 2 is 2.05 bits per heavy atom. The lowest BCUT2D eigenvalue weighted by Gasteiger charge is -2.17. The van der Waals surface area contributed by atoms with Gasteiger partial charge in [0, 0.05) is 5.56 Å². The summed E-state index contributed by atoms with van der Waals surface area (Å²) in [6.07, 6.45) is 1.28. The molecule has 0 saturated heterocycles. The zero-order valence-electron chi connectivity index (χ0n) is 9.70. The zero-order chi connectivity index (χ0) is 13.2. The van der Waals surface area contributed by atoms with E-state index in [1.807, 2.05) is 6.07 Å². The van der Waals surface area contributed by atoms with Crippen LogP contribution in [0.4, 0.5) is 0 Å². The predicted octanol–water partition coefficient (Wildman–Crippen LogP) is -0.289. The first-order chi connectivity index (χ1) is 9.24. The van der Waals surface area contributed by atoms with Crippen LogP contribution in [0, 0.1) is 0 Å². The van der Waals surface area contributed by atoms with E-state index in [1.54, 1.807) is 24.3 Å². The predicted molar refractivity (Wildman–Crippen MR) is 69.2 cm³/mol. The highest BCUT2D eigenvalue weighted by Gasteiger charge is 2.32. The van der Waals surface area contributed by atoms with Gasteiger partial charge in [-0.25, -0.2) is 4.99 Å². The van der Waals surface area contributed by atoms with Crippen LogP contribution in [0.25, 0.3) is 0 Å². The van der Waals surface area contributed by atoms with E-state index in [9.17, 15) is 9.59 Å². The van der Waals surface area contributed by atoms with Crippen molar-refractivity contribution in [3.05, 3.63) is 35.9 Å². The van der Waals surface area contributed by atoms with Gasteiger partial charge in [-0.15, -0.1) is 0 Å². The Morgan fingerprint density at radius 1 is 1.26 bits per heavy atom. The SMILES string of the molecule is O=C(NC1=NC2=NC=N[C@H]2C(=O)N1)c1ccccc1. The third-order valence-corrected chi connectivity index (χ3v) is 2.63. The molecule has 19 heavy (non-hydrogen) atoms. The van der Waals surface area contributed by atoms with Crippen LogP contribution >= 0.6 is 0 Å². The van der Waals surface area contributed by atoms with Crippen molar-refractivity contribution in [1.82, 2.24) is 10.6 Å². The van der Waals surface area contributed by atoms with Gasteiger partial charge in [-0.2, -0.15) is 4.99 Å². The molecule has 1 aromatic carbocycles. The highest BCUT2D eigenvalue weighted by Crippen LogP contribution is 2.07. The Kier molecular flexibility index (Phi) is 2.64. The Morgan fingerprint density at radius 3 is 2.84 bits per heavy atom. The summed E-state index contributed by atoms with van der Waals surface area (Å²) in [7, 11) is 0. The molecule has 0 fully saturated rings. The maximum Gasteiger partial charge on any atom is 0.259 e. The number of aliphatic imine (C=N–C) groups is 3. The number of carbonyl (C=O) groups is 2. The molecule has 3 rings (SSSR count). The van der Waals surface area contributed by atoms with Gasteiger partial charge < -0.3 is 0 Å². The number of fused-ring (bicyclic) bond motifs is 1. The van der Waals surface area contributed by atoms with Crippen LogP contribution in [0.3, 0.4) is 0 Å². The van der Waals surface area contributed by atoms with Crippen LogP contribution in [0.5, 0.6) is 0 Å². The van der Waals surface area contributed by atoms with Gasteiger partial charge in [0.05, 0.1) is 0 Å². The molecule has 1 atom stereocenters. The first-order valence-corrected chi connectivity index (χ1v) is 5.59. The van der Waals surface area contributed by atoms with E-state index in [2.05, 4.69) is 25.6 Å². The van der Waals surface area contributed by atoms with Crippen molar-refractivity contribution in [2.45, 2.75) is 6.04 Å². The van der Waals surface area contributed by atoms with E-state index in [0.717, 1.165) is 0 Å². The Labute approximate surface area is 108 Å². The second kappa shape index (κ2) is 4.45. The van der Waals surface area contributed by atoms with Gasteiger partial charge in [0.15, 0.2) is 11.9 Å². The number of rotatable bonds is 1. The number of guanidine groups is 1. The fraction of sp³-hybridized carbons (Fsp3) is 0.0833. The largest absolute Gasteiger partial charge is 0.294 e. The van der Waals surface area contributed by atoms with Crippen LogP contribution < -0.4 is 10.6 Å². The number of hydrogen-bond donors (Lipinski definition) is 2. The number of nitrogens with zero attached hydrogens (tertiary/aromatic N) is 3. The summed E-state index contributed by atoms with van der Waals surface area (Å²) < 4.78 is 0. The minimum absolute atomic E-state index is 0.0688. The Balaban J connectivity index is 1.78. The molecular formula is C12H9N5O2. The van der Waals surface area contributed by atoms with E-state index in [0.29, 0.717) is 5.56 Å². The highest BCUT2D eigenvalue weighted by atomic mass is 16.2. The van der Waals surface area contributed by atoms with E-state index >= 15 is 0 Å². The number of nitrogens with one attached hydrogen (secondary N) is 2. The molecule has 7 nitrogen and oxygen atoms in total. The monoisotopic (exact) mass is 255 g/mol. The molecule has 0 saturated carbocycles. The molecule has 94 valence electrons. The summed E-state index contributed by atoms with van der Waals surface area (Å²) in [4.78, 5) is 35.3. The second-order valence-corrected chi connectivity index (χ2v) is 3.92. The van der Waals surface area contributed by atoms with Crippen LogP contribution in [-0.2, 0) is 4.79 Å². The number of benzene rings is 1. The molecular weight excluding hydrogens is 246 g/mol. The normalized spacial score (nSPS) is 20.2. The van der Waals surface area contributed by atoms with Gasteiger partial charge in [-0.3, -0.25) is 25.2 Å².